The van der Waals surface area contributed by atoms with Gasteiger partial charge in [0.15, 0.2) is 0 Å². The van der Waals surface area contributed by atoms with Crippen molar-refractivity contribution in [1.82, 2.24) is 0 Å². The molecule has 17 heavy (non-hydrogen) atoms. The molecule has 0 amide bonds. The zero-order valence-electron chi connectivity index (χ0n) is 9.36. The van der Waals surface area contributed by atoms with Gasteiger partial charge in [0, 0.05) is 12.8 Å². The molecule has 92 valence electrons. The minimum Gasteiger partial charge on any atom is -0.461 e. The number of hydrogen-bond donors (Lipinski definition) is 0. The topological polar surface area (TPSA) is 26.3 Å². The fourth-order valence-corrected chi connectivity index (χ4v) is 2.00. The van der Waals surface area contributed by atoms with Crippen LogP contribution in [0.25, 0.3) is 0 Å². The maximum absolute atomic E-state index is 12.9. The fraction of sp³-hybridized carbons (Fsp3) is 0.462. The smallest absolute Gasteiger partial charge is 0.309 e. The molecule has 1 atom stereocenters. The van der Waals surface area contributed by atoms with E-state index in [1.165, 1.54) is 0 Å². The highest BCUT2D eigenvalue weighted by Gasteiger charge is 2.43. The second-order valence-electron chi connectivity index (χ2n) is 4.39. The lowest BCUT2D eigenvalue weighted by molar-refractivity contribution is -0.150. The van der Waals surface area contributed by atoms with Crippen molar-refractivity contribution in [2.75, 3.05) is 0 Å². The molecule has 0 spiro atoms. The van der Waals surface area contributed by atoms with Gasteiger partial charge in [0.1, 0.15) is 6.61 Å². The Morgan fingerprint density at radius 3 is 2.65 bits per heavy atom. The van der Waals surface area contributed by atoms with Gasteiger partial charge in [-0.25, -0.2) is 8.78 Å². The van der Waals surface area contributed by atoms with Crippen LogP contribution in [0.1, 0.15) is 24.8 Å². The number of rotatable bonds is 3. The van der Waals surface area contributed by atoms with Crippen LogP contribution in [0, 0.1) is 5.92 Å². The number of benzene rings is 1. The van der Waals surface area contributed by atoms with Gasteiger partial charge in [-0.3, -0.25) is 4.79 Å². The summed E-state index contributed by atoms with van der Waals surface area (Å²) in [7, 11) is 0. The molecule has 1 aliphatic rings. The minimum absolute atomic E-state index is 0.155. The number of esters is 1. The number of ether oxygens (including phenoxy) is 1. The second kappa shape index (κ2) is 4.82. The predicted octanol–water partition coefficient (Wildman–Crippen LogP) is 3.17. The molecule has 2 nitrogen and oxygen atoms in total. The fourth-order valence-electron chi connectivity index (χ4n) is 2.00. The van der Waals surface area contributed by atoms with E-state index in [0.29, 0.717) is 0 Å². The van der Waals surface area contributed by atoms with Gasteiger partial charge in [-0.1, -0.05) is 30.3 Å². The van der Waals surface area contributed by atoms with Gasteiger partial charge in [-0.2, -0.15) is 0 Å². The Bertz CT molecular complexity index is 390. The molecular formula is C13H14F2O2. The van der Waals surface area contributed by atoms with Gasteiger partial charge in [-0.05, 0) is 12.0 Å². The third-order valence-corrected chi connectivity index (χ3v) is 2.96. The van der Waals surface area contributed by atoms with Crippen molar-refractivity contribution in [2.24, 2.45) is 5.92 Å². The first-order valence-corrected chi connectivity index (χ1v) is 5.65. The van der Waals surface area contributed by atoms with Gasteiger partial charge in [-0.15, -0.1) is 0 Å². The Kier molecular flexibility index (Phi) is 3.41. The molecule has 0 saturated heterocycles. The van der Waals surface area contributed by atoms with E-state index in [-0.39, 0.29) is 25.9 Å². The summed E-state index contributed by atoms with van der Waals surface area (Å²) in [4.78, 5) is 11.6. The minimum atomic E-state index is -2.70. The highest BCUT2D eigenvalue weighted by Crippen LogP contribution is 2.39. The highest BCUT2D eigenvalue weighted by molar-refractivity contribution is 5.73. The summed E-state index contributed by atoms with van der Waals surface area (Å²) >= 11 is 0. The maximum atomic E-state index is 12.9. The second-order valence-corrected chi connectivity index (χ2v) is 4.39. The van der Waals surface area contributed by atoms with E-state index >= 15 is 0 Å². The lowest BCUT2D eigenvalue weighted by Crippen LogP contribution is -2.17. The van der Waals surface area contributed by atoms with Gasteiger partial charge in [0.2, 0.25) is 5.92 Å². The van der Waals surface area contributed by atoms with Gasteiger partial charge < -0.3 is 4.74 Å². The lowest BCUT2D eigenvalue weighted by Gasteiger charge is -2.10. The van der Waals surface area contributed by atoms with Crippen molar-refractivity contribution in [3.05, 3.63) is 35.9 Å². The molecule has 0 aromatic heterocycles. The first kappa shape index (κ1) is 12.0. The number of carbonyl (C=O) groups excluding carboxylic acids is 1. The van der Waals surface area contributed by atoms with Crippen molar-refractivity contribution < 1.29 is 18.3 Å². The molecule has 1 aromatic rings. The van der Waals surface area contributed by atoms with Crippen LogP contribution < -0.4 is 0 Å². The zero-order chi connectivity index (χ0) is 12.3. The van der Waals surface area contributed by atoms with Crippen molar-refractivity contribution in [1.29, 1.82) is 0 Å². The van der Waals surface area contributed by atoms with Crippen molar-refractivity contribution in [3.63, 3.8) is 0 Å². The van der Waals surface area contributed by atoms with Crippen LogP contribution in [-0.2, 0) is 16.1 Å². The van der Waals surface area contributed by atoms with Crippen LogP contribution in [-0.4, -0.2) is 11.9 Å². The number of alkyl halides is 2. The van der Waals surface area contributed by atoms with E-state index in [1.807, 2.05) is 30.3 Å². The molecule has 0 radical (unpaired) electrons. The molecule has 4 heteroatoms. The number of halogens is 2. The van der Waals surface area contributed by atoms with Crippen LogP contribution in [0.5, 0.6) is 0 Å². The molecule has 1 unspecified atom stereocenters. The Morgan fingerprint density at radius 1 is 1.35 bits per heavy atom. The summed E-state index contributed by atoms with van der Waals surface area (Å²) in [6.07, 6.45) is -0.362. The summed E-state index contributed by atoms with van der Waals surface area (Å²) in [6.45, 7) is 0.155. The third kappa shape index (κ3) is 3.25. The summed E-state index contributed by atoms with van der Waals surface area (Å²) < 4.78 is 30.9. The quantitative estimate of drug-likeness (QED) is 0.758. The van der Waals surface area contributed by atoms with Crippen molar-refractivity contribution in [2.45, 2.75) is 31.8 Å². The van der Waals surface area contributed by atoms with E-state index in [2.05, 4.69) is 0 Å². The van der Waals surface area contributed by atoms with E-state index in [9.17, 15) is 13.6 Å². The van der Waals surface area contributed by atoms with Gasteiger partial charge in [0.05, 0.1) is 5.92 Å². The summed E-state index contributed by atoms with van der Waals surface area (Å²) in [6, 6.07) is 9.20. The Morgan fingerprint density at radius 2 is 2.06 bits per heavy atom. The molecule has 0 aliphatic heterocycles. The van der Waals surface area contributed by atoms with E-state index in [1.54, 1.807) is 0 Å². The van der Waals surface area contributed by atoms with Crippen molar-refractivity contribution >= 4 is 5.97 Å². The van der Waals surface area contributed by atoms with Crippen LogP contribution in [0.15, 0.2) is 30.3 Å². The first-order valence-electron chi connectivity index (χ1n) is 5.65. The van der Waals surface area contributed by atoms with Gasteiger partial charge in [0.25, 0.3) is 0 Å². The van der Waals surface area contributed by atoms with E-state index < -0.39 is 17.8 Å². The summed E-state index contributed by atoms with van der Waals surface area (Å²) in [5.41, 5.74) is 0.866. The van der Waals surface area contributed by atoms with Crippen LogP contribution in [0.3, 0.4) is 0 Å². The Labute approximate surface area is 98.6 Å². The zero-order valence-corrected chi connectivity index (χ0v) is 9.36. The van der Waals surface area contributed by atoms with Crippen LogP contribution in [0.4, 0.5) is 8.78 Å². The van der Waals surface area contributed by atoms with E-state index in [4.69, 9.17) is 4.74 Å². The molecule has 0 heterocycles. The van der Waals surface area contributed by atoms with Crippen LogP contribution in [0.2, 0.25) is 0 Å². The maximum Gasteiger partial charge on any atom is 0.309 e. The Hall–Kier alpha value is -1.45. The molecule has 2 rings (SSSR count). The summed E-state index contributed by atoms with van der Waals surface area (Å²) in [5.74, 6) is -3.85. The molecule has 1 fully saturated rings. The SMILES string of the molecule is O=C(OCc1ccccc1)C1CCC(F)(F)C1. The summed E-state index contributed by atoms with van der Waals surface area (Å²) in [5, 5.41) is 0. The van der Waals surface area contributed by atoms with Crippen molar-refractivity contribution in [3.8, 4) is 0 Å². The first-order chi connectivity index (χ1) is 8.07. The predicted molar refractivity (Wildman–Crippen MR) is 58.5 cm³/mol. The normalized spacial score (nSPS) is 22.4. The Balaban J connectivity index is 1.83. The molecule has 0 bridgehead atoms. The molecule has 1 aliphatic carbocycles. The monoisotopic (exact) mass is 240 g/mol. The average molecular weight is 240 g/mol. The highest BCUT2D eigenvalue weighted by atomic mass is 19.3. The molecular weight excluding hydrogens is 226 g/mol. The average Bonchev–Trinajstić information content (AvgIpc) is 2.68. The third-order valence-electron chi connectivity index (χ3n) is 2.96. The standard InChI is InChI=1S/C13H14F2O2/c14-13(15)7-6-11(8-13)12(16)17-9-10-4-2-1-3-5-10/h1-5,11H,6-9H2. The molecule has 1 aromatic carbocycles. The number of hydrogen-bond acceptors (Lipinski definition) is 2. The number of carbonyl (C=O) groups is 1. The van der Waals surface area contributed by atoms with E-state index in [0.717, 1.165) is 5.56 Å². The van der Waals surface area contributed by atoms with Gasteiger partial charge >= 0.3 is 5.97 Å². The lowest BCUT2D eigenvalue weighted by atomic mass is 10.1. The molecule has 1 saturated carbocycles. The molecule has 0 N–H and O–H groups in total. The largest absolute Gasteiger partial charge is 0.461 e. The van der Waals surface area contributed by atoms with Crippen LogP contribution >= 0.6 is 0 Å².